The maximum absolute atomic E-state index is 11.1. The van der Waals surface area contributed by atoms with E-state index in [1.165, 1.54) is 5.69 Å². The van der Waals surface area contributed by atoms with E-state index in [1.54, 1.807) is 31.5 Å². The first kappa shape index (κ1) is 22.9. The molecule has 32 heavy (non-hydrogen) atoms. The van der Waals surface area contributed by atoms with Crippen molar-refractivity contribution in [3.05, 3.63) is 83.4 Å². The molecule has 166 valence electrons. The Morgan fingerprint density at radius 3 is 2.41 bits per heavy atom. The molecule has 0 heterocycles. The second-order valence-corrected chi connectivity index (χ2v) is 7.15. The molecule has 0 aliphatic rings. The molecule has 0 atom stereocenters. The molecule has 0 radical (unpaired) electrons. The molecule has 3 rings (SSSR count). The van der Waals surface area contributed by atoms with Gasteiger partial charge in [-0.25, -0.2) is 4.79 Å². The van der Waals surface area contributed by atoms with Crippen LogP contribution in [-0.4, -0.2) is 37.5 Å². The Morgan fingerprint density at radius 2 is 1.75 bits per heavy atom. The molecule has 0 bridgehead atoms. The van der Waals surface area contributed by atoms with Crippen molar-refractivity contribution >= 4 is 23.6 Å². The smallest absolute Gasteiger partial charge is 0.335 e. The molecule has 3 aromatic rings. The summed E-state index contributed by atoms with van der Waals surface area (Å²) in [6.07, 6.45) is 1.79. The van der Waals surface area contributed by atoms with Gasteiger partial charge in [-0.1, -0.05) is 12.1 Å². The van der Waals surface area contributed by atoms with Crippen LogP contribution in [0.5, 0.6) is 11.5 Å². The third kappa shape index (κ3) is 5.88. The van der Waals surface area contributed by atoms with Crippen LogP contribution in [0.3, 0.4) is 0 Å². The monoisotopic (exact) mass is 432 g/mol. The zero-order valence-corrected chi connectivity index (χ0v) is 18.6. The van der Waals surface area contributed by atoms with Crippen LogP contribution in [0.1, 0.15) is 35.3 Å². The van der Waals surface area contributed by atoms with Crippen LogP contribution in [0, 0.1) is 0 Å². The van der Waals surface area contributed by atoms with Crippen molar-refractivity contribution < 1.29 is 19.4 Å². The van der Waals surface area contributed by atoms with Crippen molar-refractivity contribution in [1.82, 2.24) is 0 Å². The van der Waals surface area contributed by atoms with E-state index in [0.29, 0.717) is 11.5 Å². The molecule has 0 unspecified atom stereocenters. The third-order valence-corrected chi connectivity index (χ3v) is 5.10. The lowest BCUT2D eigenvalue weighted by atomic mass is 10.1. The first-order valence-corrected chi connectivity index (χ1v) is 10.6. The first-order valence-electron chi connectivity index (χ1n) is 10.6. The Kier molecular flexibility index (Phi) is 7.86. The van der Waals surface area contributed by atoms with Crippen molar-refractivity contribution in [3.63, 3.8) is 0 Å². The molecule has 6 nitrogen and oxygen atoms in total. The predicted octanol–water partition coefficient (Wildman–Crippen LogP) is 5.57. The maximum atomic E-state index is 11.1. The minimum absolute atomic E-state index is 0.231. The largest absolute Gasteiger partial charge is 0.493 e. The third-order valence-electron chi connectivity index (χ3n) is 5.10. The lowest BCUT2D eigenvalue weighted by Crippen LogP contribution is -2.21. The number of anilines is 1. The number of carboxylic acid groups (broad SMARTS) is 1. The van der Waals surface area contributed by atoms with Gasteiger partial charge in [-0.3, -0.25) is 4.99 Å². The molecule has 0 saturated heterocycles. The van der Waals surface area contributed by atoms with Gasteiger partial charge in [-0.2, -0.15) is 0 Å². The van der Waals surface area contributed by atoms with E-state index in [9.17, 15) is 4.79 Å². The highest BCUT2D eigenvalue weighted by molar-refractivity contribution is 5.87. The van der Waals surface area contributed by atoms with Crippen LogP contribution in [0.15, 0.2) is 71.7 Å². The minimum atomic E-state index is -0.962. The topological polar surface area (TPSA) is 71.4 Å². The number of rotatable bonds is 10. The molecule has 0 aliphatic heterocycles. The van der Waals surface area contributed by atoms with Crippen LogP contribution in [0.2, 0.25) is 0 Å². The Morgan fingerprint density at radius 1 is 1.00 bits per heavy atom. The quantitative estimate of drug-likeness (QED) is 0.424. The Hall–Kier alpha value is -3.80. The molecule has 0 amide bonds. The molecule has 0 aliphatic carbocycles. The van der Waals surface area contributed by atoms with Gasteiger partial charge in [0, 0.05) is 25.0 Å². The van der Waals surface area contributed by atoms with Gasteiger partial charge in [0.1, 0.15) is 6.61 Å². The van der Waals surface area contributed by atoms with Crippen molar-refractivity contribution in [2.45, 2.75) is 20.5 Å². The van der Waals surface area contributed by atoms with Crippen molar-refractivity contribution in [1.29, 1.82) is 0 Å². The van der Waals surface area contributed by atoms with Gasteiger partial charge in [0.2, 0.25) is 0 Å². The van der Waals surface area contributed by atoms with Crippen molar-refractivity contribution in [3.8, 4) is 11.5 Å². The SMILES string of the molecule is CCN(CC)c1ccc(N=Cc2ccc(OCc3cccc(C(=O)O)c3)c(OC)c2)cc1. The van der Waals surface area contributed by atoms with E-state index < -0.39 is 5.97 Å². The summed E-state index contributed by atoms with van der Waals surface area (Å²) < 4.78 is 11.3. The Balaban J connectivity index is 1.68. The van der Waals surface area contributed by atoms with E-state index in [-0.39, 0.29) is 12.2 Å². The van der Waals surface area contributed by atoms with Crippen molar-refractivity contribution in [2.24, 2.45) is 4.99 Å². The van der Waals surface area contributed by atoms with E-state index >= 15 is 0 Å². The highest BCUT2D eigenvalue weighted by Crippen LogP contribution is 2.29. The van der Waals surface area contributed by atoms with Gasteiger partial charge in [-0.05, 0) is 79.6 Å². The standard InChI is InChI=1S/C26H28N2O4/c1-4-28(5-2)23-12-10-22(11-13-23)27-17-19-9-14-24(25(16-19)31-3)32-18-20-7-6-8-21(15-20)26(29)30/h6-17H,4-5,18H2,1-3H3,(H,29,30). The van der Waals surface area contributed by atoms with E-state index in [2.05, 4.69) is 35.9 Å². The number of carboxylic acids is 1. The fourth-order valence-electron chi connectivity index (χ4n) is 3.33. The number of nitrogens with zero attached hydrogens (tertiary/aromatic N) is 2. The highest BCUT2D eigenvalue weighted by atomic mass is 16.5. The molecule has 0 spiro atoms. The molecular formula is C26H28N2O4. The van der Waals surface area contributed by atoms with Crippen LogP contribution >= 0.6 is 0 Å². The Labute approximate surface area is 188 Å². The summed E-state index contributed by atoms with van der Waals surface area (Å²) in [5.41, 5.74) is 3.94. The molecule has 0 saturated carbocycles. The number of aromatic carboxylic acids is 1. The fourth-order valence-corrected chi connectivity index (χ4v) is 3.33. The number of carbonyl (C=O) groups is 1. The fraction of sp³-hybridized carbons (Fsp3) is 0.231. The number of ether oxygens (including phenoxy) is 2. The number of methoxy groups -OCH3 is 1. The lowest BCUT2D eigenvalue weighted by molar-refractivity contribution is 0.0696. The van der Waals surface area contributed by atoms with E-state index in [0.717, 1.165) is 29.9 Å². The second kappa shape index (κ2) is 11.0. The Bertz CT molecular complexity index is 1070. The normalized spacial score (nSPS) is 10.8. The van der Waals surface area contributed by atoms with Crippen LogP contribution in [0.25, 0.3) is 0 Å². The van der Waals surface area contributed by atoms with Gasteiger partial charge >= 0.3 is 5.97 Å². The summed E-state index contributed by atoms with van der Waals surface area (Å²) in [5.74, 6) is 0.199. The minimum Gasteiger partial charge on any atom is -0.493 e. The first-order chi connectivity index (χ1) is 15.5. The average molecular weight is 433 g/mol. The summed E-state index contributed by atoms with van der Waals surface area (Å²) in [6, 6.07) is 20.4. The van der Waals surface area contributed by atoms with Crippen LogP contribution in [0.4, 0.5) is 11.4 Å². The summed E-state index contributed by atoms with van der Waals surface area (Å²) in [6.45, 7) is 6.47. The maximum Gasteiger partial charge on any atom is 0.335 e. The molecular weight excluding hydrogens is 404 g/mol. The summed E-state index contributed by atoms with van der Waals surface area (Å²) in [4.78, 5) is 18.0. The van der Waals surface area contributed by atoms with Crippen LogP contribution in [-0.2, 0) is 6.61 Å². The average Bonchev–Trinajstić information content (AvgIpc) is 2.83. The van der Waals surface area contributed by atoms with Crippen molar-refractivity contribution in [2.75, 3.05) is 25.1 Å². The highest BCUT2D eigenvalue weighted by Gasteiger charge is 2.08. The summed E-state index contributed by atoms with van der Waals surface area (Å²) >= 11 is 0. The van der Waals surface area contributed by atoms with Gasteiger partial charge in [0.15, 0.2) is 11.5 Å². The molecule has 6 heteroatoms. The summed E-state index contributed by atoms with van der Waals surface area (Å²) in [5, 5.41) is 9.13. The zero-order valence-electron chi connectivity index (χ0n) is 18.6. The van der Waals surface area contributed by atoms with Gasteiger partial charge in [0.25, 0.3) is 0 Å². The van der Waals surface area contributed by atoms with Gasteiger partial charge in [0.05, 0.1) is 18.4 Å². The number of hydrogen-bond donors (Lipinski definition) is 1. The number of benzene rings is 3. The van der Waals surface area contributed by atoms with E-state index in [1.807, 2.05) is 36.4 Å². The summed E-state index contributed by atoms with van der Waals surface area (Å²) in [7, 11) is 1.58. The van der Waals surface area contributed by atoms with Gasteiger partial charge in [-0.15, -0.1) is 0 Å². The molecule has 0 aromatic heterocycles. The number of aliphatic imine (C=N–C) groups is 1. The predicted molar refractivity (Wildman–Crippen MR) is 128 cm³/mol. The van der Waals surface area contributed by atoms with E-state index in [4.69, 9.17) is 14.6 Å². The molecule has 3 aromatic carbocycles. The van der Waals surface area contributed by atoms with Crippen LogP contribution < -0.4 is 14.4 Å². The second-order valence-electron chi connectivity index (χ2n) is 7.15. The molecule has 0 fully saturated rings. The lowest BCUT2D eigenvalue weighted by Gasteiger charge is -2.20. The zero-order chi connectivity index (χ0) is 22.9. The van der Waals surface area contributed by atoms with Gasteiger partial charge < -0.3 is 19.5 Å². The number of hydrogen-bond acceptors (Lipinski definition) is 5. The molecule has 1 N–H and O–H groups in total.